The summed E-state index contributed by atoms with van der Waals surface area (Å²) in [5, 5.41) is 9.62. The minimum atomic E-state index is -0.937. The second-order valence-corrected chi connectivity index (χ2v) is 18.1. The zero-order valence-electron chi connectivity index (χ0n) is 38.5. The standard InChI is InChI=1S/C55H54N6O7/c1-55(2,3)68-54(65)56-31-44(51(62)57-38-20-8-5-9-21-38)47-28-36-18-14-15-19-37(36)32-61(47)53(64)43-29-49(59-33-41(34-59)67-40-24-12-7-13-25-40)50(66-4)30-48(43)60-35-45(42-26-16-17-27-46(42)60)52(63)58-39-22-10-6-11-23-39/h5-27,29-30,35,41,44,47H,28,31-34H2,1-4H3,(H,56,65)(H,57,62)(H,58,63)/t44?,47-/m0/s1. The van der Waals surface area contributed by atoms with E-state index in [1.165, 1.54) is 0 Å². The molecule has 6 aromatic carbocycles. The molecular formula is C55H54N6O7. The third kappa shape index (κ3) is 9.87. The SMILES string of the molecule is COc1cc(-n2cc(C(=O)Nc3ccccc3)c3ccccc32)c(C(=O)N2Cc3ccccc3C[C@H]2C(CNC(=O)OC(C)(C)C)C(=O)Nc2ccccc2)cc1N1CC(Oc2ccccc2)C1. The van der Waals surface area contributed by atoms with Gasteiger partial charge in [0, 0.05) is 48.2 Å². The predicted octanol–water partition coefficient (Wildman–Crippen LogP) is 9.51. The number of aromatic nitrogens is 1. The van der Waals surface area contributed by atoms with Gasteiger partial charge in [0.25, 0.3) is 11.8 Å². The lowest BCUT2D eigenvalue weighted by molar-refractivity contribution is -0.121. The highest BCUT2D eigenvalue weighted by molar-refractivity contribution is 6.13. The highest BCUT2D eigenvalue weighted by atomic mass is 16.6. The average molecular weight is 911 g/mol. The molecule has 3 heterocycles. The quantitative estimate of drug-likeness (QED) is 0.104. The van der Waals surface area contributed by atoms with Crippen molar-refractivity contribution in [1.82, 2.24) is 14.8 Å². The number of anilines is 3. The number of ether oxygens (including phenoxy) is 3. The molecule has 0 radical (unpaired) electrons. The molecule has 4 amide bonds. The van der Waals surface area contributed by atoms with Crippen LogP contribution >= 0.6 is 0 Å². The first-order valence-corrected chi connectivity index (χ1v) is 22.8. The van der Waals surface area contributed by atoms with E-state index in [1.807, 2.05) is 144 Å². The van der Waals surface area contributed by atoms with Gasteiger partial charge in [-0.1, -0.05) is 97.1 Å². The van der Waals surface area contributed by atoms with Gasteiger partial charge in [-0.05, 0) is 86.8 Å². The van der Waals surface area contributed by atoms with Gasteiger partial charge in [0.15, 0.2) is 0 Å². The van der Waals surface area contributed by atoms with Gasteiger partial charge in [-0.25, -0.2) is 4.79 Å². The van der Waals surface area contributed by atoms with Crippen LogP contribution in [0.4, 0.5) is 21.9 Å². The summed E-state index contributed by atoms with van der Waals surface area (Å²) < 4.78 is 19.9. The molecule has 2 aliphatic rings. The zero-order valence-corrected chi connectivity index (χ0v) is 38.5. The number of methoxy groups -OCH3 is 1. The van der Waals surface area contributed by atoms with E-state index in [9.17, 15) is 14.4 Å². The monoisotopic (exact) mass is 910 g/mol. The van der Waals surface area contributed by atoms with Gasteiger partial charge in [0.05, 0.1) is 54.1 Å². The number of hydrogen-bond donors (Lipinski definition) is 3. The highest BCUT2D eigenvalue weighted by Gasteiger charge is 2.41. The van der Waals surface area contributed by atoms with Crippen LogP contribution in [0.15, 0.2) is 158 Å². The van der Waals surface area contributed by atoms with Crippen LogP contribution in [0.5, 0.6) is 11.5 Å². The lowest BCUT2D eigenvalue weighted by Gasteiger charge is -2.42. The van der Waals surface area contributed by atoms with E-state index in [0.29, 0.717) is 70.0 Å². The fourth-order valence-electron chi connectivity index (χ4n) is 8.97. The summed E-state index contributed by atoms with van der Waals surface area (Å²) in [6, 6.07) is 46.4. The van der Waals surface area contributed by atoms with E-state index in [2.05, 4.69) is 20.9 Å². The number of para-hydroxylation sites is 4. The van der Waals surface area contributed by atoms with E-state index in [1.54, 1.807) is 51.1 Å². The first kappa shape index (κ1) is 45.1. The molecule has 0 saturated carbocycles. The average Bonchev–Trinajstić information content (AvgIpc) is 3.72. The fraction of sp³-hybridized carbons (Fsp3) is 0.236. The Morgan fingerprint density at radius 1 is 0.706 bits per heavy atom. The number of amides is 4. The summed E-state index contributed by atoms with van der Waals surface area (Å²) in [6.07, 6.45) is 1.29. The third-order valence-corrected chi connectivity index (χ3v) is 12.3. The summed E-state index contributed by atoms with van der Waals surface area (Å²) >= 11 is 0. The Hall–Kier alpha value is -8.06. The van der Waals surface area contributed by atoms with Gasteiger partial charge in [0.2, 0.25) is 5.91 Å². The molecule has 346 valence electrons. The Morgan fingerprint density at radius 3 is 2.00 bits per heavy atom. The number of benzene rings is 6. The molecule has 1 aromatic heterocycles. The normalized spacial score (nSPS) is 15.1. The van der Waals surface area contributed by atoms with Crippen molar-refractivity contribution in [1.29, 1.82) is 0 Å². The first-order valence-electron chi connectivity index (χ1n) is 22.8. The molecule has 3 N–H and O–H groups in total. The minimum absolute atomic E-state index is 0.107. The van der Waals surface area contributed by atoms with Gasteiger partial charge < -0.3 is 44.5 Å². The molecule has 7 aromatic rings. The number of nitrogens with one attached hydrogen (secondary N) is 3. The summed E-state index contributed by atoms with van der Waals surface area (Å²) in [6.45, 7) is 6.44. The van der Waals surface area contributed by atoms with Crippen molar-refractivity contribution in [2.45, 2.75) is 51.5 Å². The van der Waals surface area contributed by atoms with Crippen molar-refractivity contribution in [3.63, 3.8) is 0 Å². The maximum Gasteiger partial charge on any atom is 0.407 e. The van der Waals surface area contributed by atoms with Crippen molar-refractivity contribution < 1.29 is 33.4 Å². The maximum atomic E-state index is 16.0. The van der Waals surface area contributed by atoms with E-state index in [0.717, 1.165) is 16.9 Å². The molecule has 1 fully saturated rings. The van der Waals surface area contributed by atoms with E-state index in [-0.39, 0.29) is 36.9 Å². The van der Waals surface area contributed by atoms with Gasteiger partial charge in [0.1, 0.15) is 23.2 Å². The number of hydrogen-bond acceptors (Lipinski definition) is 8. The van der Waals surface area contributed by atoms with Gasteiger partial charge in [-0.15, -0.1) is 0 Å². The Bertz CT molecular complexity index is 2950. The maximum absolute atomic E-state index is 16.0. The van der Waals surface area contributed by atoms with Crippen LogP contribution < -0.4 is 30.3 Å². The van der Waals surface area contributed by atoms with Crippen LogP contribution in [0, 0.1) is 5.92 Å². The zero-order chi connectivity index (χ0) is 47.4. The summed E-state index contributed by atoms with van der Waals surface area (Å²) in [5.74, 6) is -0.696. The summed E-state index contributed by atoms with van der Waals surface area (Å²) in [7, 11) is 1.60. The van der Waals surface area contributed by atoms with Crippen molar-refractivity contribution >= 4 is 51.8 Å². The smallest absolute Gasteiger partial charge is 0.407 e. The summed E-state index contributed by atoms with van der Waals surface area (Å²) in [5.41, 5.74) is 4.93. The van der Waals surface area contributed by atoms with Gasteiger partial charge in [-0.2, -0.15) is 0 Å². The van der Waals surface area contributed by atoms with Crippen molar-refractivity contribution in [2.24, 2.45) is 5.92 Å². The van der Waals surface area contributed by atoms with Crippen LogP contribution in [0.3, 0.4) is 0 Å². The van der Waals surface area contributed by atoms with Crippen molar-refractivity contribution in [3.8, 4) is 17.2 Å². The lowest BCUT2D eigenvalue weighted by atomic mass is 9.85. The van der Waals surface area contributed by atoms with E-state index < -0.39 is 23.7 Å². The molecular weight excluding hydrogens is 857 g/mol. The Balaban J connectivity index is 1.16. The molecule has 13 nitrogen and oxygen atoms in total. The molecule has 2 atom stereocenters. The Morgan fingerprint density at radius 2 is 1.32 bits per heavy atom. The van der Waals surface area contributed by atoms with Crippen molar-refractivity contribution in [3.05, 3.63) is 180 Å². The predicted molar refractivity (Wildman–Crippen MR) is 264 cm³/mol. The number of nitrogens with zero attached hydrogens (tertiary/aromatic N) is 3. The Labute approximate surface area is 395 Å². The third-order valence-electron chi connectivity index (χ3n) is 12.3. The molecule has 0 bridgehead atoms. The van der Waals surface area contributed by atoms with Gasteiger partial charge >= 0.3 is 6.09 Å². The highest BCUT2D eigenvalue weighted by Crippen LogP contribution is 2.40. The molecule has 68 heavy (non-hydrogen) atoms. The first-order chi connectivity index (χ1) is 32.9. The number of alkyl carbamates (subject to hydrolysis) is 1. The molecule has 9 rings (SSSR count). The minimum Gasteiger partial charge on any atom is -0.495 e. The fourth-order valence-corrected chi connectivity index (χ4v) is 8.97. The number of fused-ring (bicyclic) bond motifs is 2. The number of carbonyl (C=O) groups excluding carboxylic acids is 4. The molecule has 1 saturated heterocycles. The van der Waals surface area contributed by atoms with Crippen LogP contribution in [0.2, 0.25) is 0 Å². The van der Waals surface area contributed by atoms with Crippen LogP contribution in [-0.4, -0.2) is 77.8 Å². The number of rotatable bonds is 13. The van der Waals surface area contributed by atoms with Crippen molar-refractivity contribution in [2.75, 3.05) is 42.3 Å². The van der Waals surface area contributed by atoms with Gasteiger partial charge in [-0.3, -0.25) is 14.4 Å². The largest absolute Gasteiger partial charge is 0.495 e. The lowest BCUT2D eigenvalue weighted by Crippen LogP contribution is -2.55. The molecule has 13 heteroatoms. The molecule has 0 aliphatic carbocycles. The number of carbonyl (C=O) groups is 4. The summed E-state index contributed by atoms with van der Waals surface area (Å²) in [4.78, 5) is 61.9. The van der Waals surface area contributed by atoms with E-state index >= 15 is 4.79 Å². The second kappa shape index (κ2) is 19.4. The van der Waals surface area contributed by atoms with Crippen LogP contribution in [-0.2, 0) is 22.5 Å². The molecule has 2 aliphatic heterocycles. The topological polar surface area (TPSA) is 143 Å². The Kier molecular flexibility index (Phi) is 12.9. The van der Waals surface area contributed by atoms with Crippen LogP contribution in [0.25, 0.3) is 16.6 Å². The second-order valence-electron chi connectivity index (χ2n) is 18.1. The van der Waals surface area contributed by atoms with Crippen LogP contribution in [0.1, 0.15) is 52.6 Å². The molecule has 1 unspecified atom stereocenters. The molecule has 0 spiro atoms. The van der Waals surface area contributed by atoms with E-state index in [4.69, 9.17) is 14.2 Å².